The second-order valence-corrected chi connectivity index (χ2v) is 9.28. The van der Waals surface area contributed by atoms with E-state index in [0.717, 1.165) is 43.4 Å². The minimum Gasteiger partial charge on any atom is -0.466 e. The Morgan fingerprint density at radius 1 is 1.00 bits per heavy atom. The maximum atomic E-state index is 13.8. The Hall–Kier alpha value is -1.84. The molecule has 4 aliphatic carbocycles. The van der Waals surface area contributed by atoms with Gasteiger partial charge in [0.25, 0.3) is 0 Å². The van der Waals surface area contributed by atoms with Crippen LogP contribution in [0.2, 0.25) is 0 Å². The highest BCUT2D eigenvalue weighted by atomic mass is 16.5. The molecule has 0 aliphatic heterocycles. The highest BCUT2D eigenvalue weighted by molar-refractivity contribution is 5.84. The maximum absolute atomic E-state index is 13.8. The number of nitrogens with zero attached hydrogens (tertiary/aromatic N) is 1. The number of amides is 1. The summed E-state index contributed by atoms with van der Waals surface area (Å²) in [4.78, 5) is 27.7. The minimum atomic E-state index is -0.203. The van der Waals surface area contributed by atoms with Gasteiger partial charge in [-0.1, -0.05) is 30.3 Å². The van der Waals surface area contributed by atoms with Crippen molar-refractivity contribution < 1.29 is 14.3 Å². The quantitative estimate of drug-likeness (QED) is 0.631. The summed E-state index contributed by atoms with van der Waals surface area (Å²) in [5, 5.41) is 0. The van der Waals surface area contributed by atoms with Crippen LogP contribution in [0.3, 0.4) is 0 Å². The Bertz CT molecular complexity index is 664. The Morgan fingerprint density at radius 3 is 2.18 bits per heavy atom. The number of hydrogen-bond donors (Lipinski definition) is 0. The molecule has 0 unspecified atom stereocenters. The van der Waals surface area contributed by atoms with E-state index in [2.05, 4.69) is 12.1 Å². The van der Waals surface area contributed by atoms with Crippen LogP contribution in [0.4, 0.5) is 0 Å². The second-order valence-electron chi connectivity index (χ2n) is 9.28. The monoisotopic (exact) mass is 383 g/mol. The lowest BCUT2D eigenvalue weighted by Crippen LogP contribution is -2.55. The van der Waals surface area contributed by atoms with Crippen LogP contribution in [0.1, 0.15) is 57.4 Å². The third kappa shape index (κ3) is 4.11. The second kappa shape index (κ2) is 8.26. The molecule has 1 amide bonds. The SMILES string of the molecule is CCOC(=O)CCN(CCc1ccccc1)C(=O)C12CC3CC(CC(C3)C1)C2. The molecule has 0 atom stereocenters. The largest absolute Gasteiger partial charge is 0.466 e. The van der Waals surface area contributed by atoms with Crippen LogP contribution in [-0.4, -0.2) is 36.5 Å². The van der Waals surface area contributed by atoms with Crippen LogP contribution in [0.25, 0.3) is 0 Å². The molecule has 4 saturated carbocycles. The molecule has 0 spiro atoms. The van der Waals surface area contributed by atoms with E-state index in [1.54, 1.807) is 0 Å². The molecular weight excluding hydrogens is 350 g/mol. The summed E-state index contributed by atoms with van der Waals surface area (Å²) in [6, 6.07) is 10.3. The summed E-state index contributed by atoms with van der Waals surface area (Å²) < 4.78 is 5.11. The van der Waals surface area contributed by atoms with E-state index in [1.807, 2.05) is 30.0 Å². The fourth-order valence-corrected chi connectivity index (χ4v) is 6.39. The normalized spacial score (nSPS) is 30.2. The van der Waals surface area contributed by atoms with Crippen molar-refractivity contribution in [2.24, 2.45) is 23.2 Å². The van der Waals surface area contributed by atoms with Gasteiger partial charge in [0.05, 0.1) is 18.4 Å². The smallest absolute Gasteiger partial charge is 0.307 e. The predicted molar refractivity (Wildman–Crippen MR) is 109 cm³/mol. The van der Waals surface area contributed by atoms with E-state index in [-0.39, 0.29) is 11.4 Å². The molecular formula is C24H33NO3. The molecule has 0 N–H and O–H groups in total. The topological polar surface area (TPSA) is 46.6 Å². The van der Waals surface area contributed by atoms with Gasteiger partial charge >= 0.3 is 5.97 Å². The van der Waals surface area contributed by atoms with Gasteiger partial charge in [-0.15, -0.1) is 0 Å². The number of rotatable bonds is 8. The molecule has 0 saturated heterocycles. The molecule has 1 aromatic carbocycles. The van der Waals surface area contributed by atoms with Crippen molar-refractivity contribution in [1.82, 2.24) is 4.90 Å². The summed E-state index contributed by atoms with van der Waals surface area (Å²) in [5.41, 5.74) is 1.09. The molecule has 4 heteroatoms. The molecule has 4 aliphatic rings. The summed E-state index contributed by atoms with van der Waals surface area (Å²) in [5.74, 6) is 2.35. The fraction of sp³-hybridized carbons (Fsp3) is 0.667. The Morgan fingerprint density at radius 2 is 1.61 bits per heavy atom. The molecule has 0 heterocycles. The standard InChI is InChI=1S/C24H33NO3/c1-2-28-22(26)9-11-25(10-8-18-6-4-3-5-7-18)23(27)24-15-19-12-20(16-24)14-21(13-19)17-24/h3-7,19-21H,2,8-17H2,1H3. The molecule has 4 nitrogen and oxygen atoms in total. The number of ether oxygens (including phenoxy) is 1. The van der Waals surface area contributed by atoms with Crippen LogP contribution in [0.15, 0.2) is 30.3 Å². The number of carbonyl (C=O) groups excluding carboxylic acids is 2. The molecule has 1 aromatic rings. The zero-order valence-corrected chi connectivity index (χ0v) is 17.1. The van der Waals surface area contributed by atoms with Gasteiger partial charge in [0.1, 0.15) is 0 Å². The van der Waals surface area contributed by atoms with Crippen molar-refractivity contribution >= 4 is 11.9 Å². The average Bonchev–Trinajstić information content (AvgIpc) is 2.67. The van der Waals surface area contributed by atoms with Crippen LogP contribution < -0.4 is 0 Å². The minimum absolute atomic E-state index is 0.153. The third-order valence-electron chi connectivity index (χ3n) is 7.18. The molecule has 0 aromatic heterocycles. The van der Waals surface area contributed by atoms with Crippen molar-refractivity contribution in [2.75, 3.05) is 19.7 Å². The predicted octanol–water partition coefficient (Wildman–Crippen LogP) is 4.23. The van der Waals surface area contributed by atoms with Gasteiger partial charge in [0.15, 0.2) is 0 Å². The number of benzene rings is 1. The van der Waals surface area contributed by atoms with E-state index < -0.39 is 0 Å². The van der Waals surface area contributed by atoms with Crippen LogP contribution in [0, 0.1) is 23.2 Å². The first-order valence-corrected chi connectivity index (χ1v) is 11.1. The van der Waals surface area contributed by atoms with Crippen molar-refractivity contribution in [3.63, 3.8) is 0 Å². The first-order valence-electron chi connectivity index (χ1n) is 11.1. The average molecular weight is 384 g/mol. The Balaban J connectivity index is 1.47. The van der Waals surface area contributed by atoms with Crippen LogP contribution in [-0.2, 0) is 20.7 Å². The van der Waals surface area contributed by atoms with Gasteiger partial charge in [-0.2, -0.15) is 0 Å². The molecule has 152 valence electrons. The highest BCUT2D eigenvalue weighted by Crippen LogP contribution is 2.60. The van der Waals surface area contributed by atoms with Gasteiger partial charge in [-0.25, -0.2) is 0 Å². The van der Waals surface area contributed by atoms with E-state index in [1.165, 1.54) is 24.8 Å². The summed E-state index contributed by atoms with van der Waals surface area (Å²) in [7, 11) is 0. The van der Waals surface area contributed by atoms with E-state index in [4.69, 9.17) is 4.74 Å². The number of esters is 1. The lowest BCUT2D eigenvalue weighted by atomic mass is 9.49. The lowest BCUT2D eigenvalue weighted by molar-refractivity contribution is -0.158. The number of hydrogen-bond acceptors (Lipinski definition) is 3. The van der Waals surface area contributed by atoms with Crippen molar-refractivity contribution in [3.8, 4) is 0 Å². The van der Waals surface area contributed by atoms with Crippen molar-refractivity contribution in [1.29, 1.82) is 0 Å². The molecule has 4 fully saturated rings. The van der Waals surface area contributed by atoms with E-state index >= 15 is 0 Å². The lowest BCUT2D eigenvalue weighted by Gasteiger charge is -2.56. The van der Waals surface area contributed by atoms with Gasteiger partial charge in [0.2, 0.25) is 5.91 Å². The van der Waals surface area contributed by atoms with Gasteiger partial charge in [-0.05, 0) is 75.2 Å². The van der Waals surface area contributed by atoms with Crippen molar-refractivity contribution in [3.05, 3.63) is 35.9 Å². The summed E-state index contributed by atoms with van der Waals surface area (Å²) >= 11 is 0. The van der Waals surface area contributed by atoms with Crippen LogP contribution >= 0.6 is 0 Å². The summed E-state index contributed by atoms with van der Waals surface area (Å²) in [6.07, 6.45) is 8.33. The summed E-state index contributed by atoms with van der Waals surface area (Å²) in [6.45, 7) is 3.38. The van der Waals surface area contributed by atoms with Gasteiger partial charge < -0.3 is 9.64 Å². The van der Waals surface area contributed by atoms with Gasteiger partial charge in [-0.3, -0.25) is 9.59 Å². The highest BCUT2D eigenvalue weighted by Gasteiger charge is 2.55. The Kier molecular flexibility index (Phi) is 5.75. The molecule has 28 heavy (non-hydrogen) atoms. The number of carbonyl (C=O) groups is 2. The molecule has 5 rings (SSSR count). The van der Waals surface area contributed by atoms with Gasteiger partial charge in [0, 0.05) is 13.1 Å². The fourth-order valence-electron chi connectivity index (χ4n) is 6.39. The zero-order valence-electron chi connectivity index (χ0n) is 17.1. The molecule has 0 radical (unpaired) electrons. The molecule has 4 bridgehead atoms. The zero-order chi connectivity index (χ0) is 19.6. The first-order chi connectivity index (χ1) is 13.6. The van der Waals surface area contributed by atoms with E-state index in [0.29, 0.717) is 32.0 Å². The Labute approximate surface area is 168 Å². The van der Waals surface area contributed by atoms with E-state index in [9.17, 15) is 9.59 Å². The maximum Gasteiger partial charge on any atom is 0.307 e. The third-order valence-corrected chi connectivity index (χ3v) is 7.18. The van der Waals surface area contributed by atoms with Crippen molar-refractivity contribution in [2.45, 2.75) is 58.3 Å². The first kappa shape index (κ1) is 19.5. The van der Waals surface area contributed by atoms with Crippen LogP contribution in [0.5, 0.6) is 0 Å².